The molecule has 1 saturated carbocycles. The summed E-state index contributed by atoms with van der Waals surface area (Å²) < 4.78 is 11.2. The molecule has 0 aromatic heterocycles. The zero-order valence-corrected chi connectivity index (χ0v) is 19.5. The third-order valence-electron chi connectivity index (χ3n) is 5.90. The van der Waals surface area contributed by atoms with Crippen molar-refractivity contribution >= 4 is 35.8 Å². The lowest BCUT2D eigenvalue weighted by molar-refractivity contribution is -0.134. The molecule has 0 spiro atoms. The lowest BCUT2D eigenvalue weighted by atomic mass is 10.1. The summed E-state index contributed by atoms with van der Waals surface area (Å²) in [4.78, 5) is 18.9. The van der Waals surface area contributed by atoms with Crippen LogP contribution in [0.25, 0.3) is 0 Å². The first-order valence-electron chi connectivity index (χ1n) is 10.7. The van der Waals surface area contributed by atoms with Crippen molar-refractivity contribution in [2.75, 3.05) is 46.5 Å². The van der Waals surface area contributed by atoms with Crippen LogP contribution in [0.3, 0.4) is 0 Å². The molecule has 3 rings (SSSR count). The molecule has 2 saturated heterocycles. The van der Waals surface area contributed by atoms with Gasteiger partial charge >= 0.3 is 0 Å². The first-order chi connectivity index (χ1) is 13.3. The third kappa shape index (κ3) is 7.33. The van der Waals surface area contributed by atoms with E-state index >= 15 is 0 Å². The molecule has 162 valence electrons. The van der Waals surface area contributed by atoms with E-state index in [0.717, 1.165) is 83.9 Å². The van der Waals surface area contributed by atoms with Gasteiger partial charge in [-0.25, -0.2) is 0 Å². The van der Waals surface area contributed by atoms with Gasteiger partial charge in [-0.1, -0.05) is 12.8 Å². The number of carbonyl (C=O) groups is 1. The van der Waals surface area contributed by atoms with Crippen LogP contribution in [-0.2, 0) is 14.3 Å². The van der Waals surface area contributed by atoms with Crippen molar-refractivity contribution in [3.8, 4) is 0 Å². The second-order valence-corrected chi connectivity index (χ2v) is 7.93. The van der Waals surface area contributed by atoms with Crippen molar-refractivity contribution in [1.29, 1.82) is 0 Å². The van der Waals surface area contributed by atoms with Crippen molar-refractivity contribution in [3.05, 3.63) is 0 Å². The first-order valence-corrected chi connectivity index (χ1v) is 10.7. The van der Waals surface area contributed by atoms with Crippen molar-refractivity contribution in [3.63, 3.8) is 0 Å². The minimum absolute atomic E-state index is 0. The predicted molar refractivity (Wildman–Crippen MR) is 121 cm³/mol. The molecule has 3 aliphatic rings. The Labute approximate surface area is 186 Å². The molecule has 3 fully saturated rings. The van der Waals surface area contributed by atoms with E-state index in [1.54, 1.807) is 7.05 Å². The third-order valence-corrected chi connectivity index (χ3v) is 5.90. The molecule has 1 amide bonds. The summed E-state index contributed by atoms with van der Waals surface area (Å²) in [5.41, 5.74) is 0. The van der Waals surface area contributed by atoms with Crippen LogP contribution in [0, 0.1) is 5.92 Å². The number of aliphatic imine (C=N–C) groups is 1. The van der Waals surface area contributed by atoms with E-state index in [-0.39, 0.29) is 29.9 Å². The number of nitrogens with zero attached hydrogens (tertiary/aromatic N) is 2. The molecular formula is C20H37IN4O3. The number of nitrogens with one attached hydrogen (secondary N) is 2. The van der Waals surface area contributed by atoms with Gasteiger partial charge in [0.15, 0.2) is 5.96 Å². The molecular weight excluding hydrogens is 471 g/mol. The molecule has 0 aromatic carbocycles. The Morgan fingerprint density at radius 3 is 2.64 bits per heavy atom. The summed E-state index contributed by atoms with van der Waals surface area (Å²) in [6.07, 6.45) is 8.89. The van der Waals surface area contributed by atoms with Crippen molar-refractivity contribution < 1.29 is 14.3 Å². The molecule has 1 unspecified atom stereocenters. The standard InChI is InChI=1S/C20H36N4O3.HI/c1-21-20(22-10-4-12-27-18-8-13-26-14-9-18)23-17-7-11-24(15-17)19(25)16-5-2-3-6-16;/h16-18H,2-15H2,1H3,(H2,21,22,23);1H. The van der Waals surface area contributed by atoms with Gasteiger partial charge < -0.3 is 25.0 Å². The van der Waals surface area contributed by atoms with Gasteiger partial charge in [0.05, 0.1) is 6.10 Å². The quantitative estimate of drug-likeness (QED) is 0.239. The summed E-state index contributed by atoms with van der Waals surface area (Å²) in [6, 6.07) is 0.292. The van der Waals surface area contributed by atoms with Gasteiger partial charge in [0.25, 0.3) is 0 Å². The predicted octanol–water partition coefficient (Wildman–Crippen LogP) is 2.15. The number of amides is 1. The topological polar surface area (TPSA) is 75.2 Å². The van der Waals surface area contributed by atoms with Crippen LogP contribution in [0.4, 0.5) is 0 Å². The van der Waals surface area contributed by atoms with Crippen molar-refractivity contribution in [2.45, 2.75) is 63.5 Å². The van der Waals surface area contributed by atoms with Crippen LogP contribution in [0.5, 0.6) is 0 Å². The summed E-state index contributed by atoms with van der Waals surface area (Å²) in [5.74, 6) is 1.46. The van der Waals surface area contributed by atoms with Crippen LogP contribution in [0.2, 0.25) is 0 Å². The molecule has 2 aliphatic heterocycles. The zero-order valence-electron chi connectivity index (χ0n) is 17.2. The van der Waals surface area contributed by atoms with Gasteiger partial charge in [-0.15, -0.1) is 24.0 Å². The van der Waals surface area contributed by atoms with Crippen molar-refractivity contribution in [2.24, 2.45) is 10.9 Å². The number of likely N-dealkylation sites (tertiary alicyclic amines) is 1. The molecule has 7 nitrogen and oxygen atoms in total. The fourth-order valence-electron chi connectivity index (χ4n) is 4.27. The van der Waals surface area contributed by atoms with E-state index in [9.17, 15) is 4.79 Å². The van der Waals surface area contributed by atoms with E-state index in [1.165, 1.54) is 12.8 Å². The second-order valence-electron chi connectivity index (χ2n) is 7.93. The second kappa shape index (κ2) is 12.8. The monoisotopic (exact) mass is 508 g/mol. The zero-order chi connectivity index (χ0) is 18.9. The van der Waals surface area contributed by atoms with Crippen LogP contribution < -0.4 is 10.6 Å². The maximum atomic E-state index is 12.6. The minimum atomic E-state index is 0. The van der Waals surface area contributed by atoms with E-state index in [1.807, 2.05) is 4.90 Å². The number of ether oxygens (including phenoxy) is 2. The Bertz CT molecular complexity index is 494. The molecule has 1 atom stereocenters. The summed E-state index contributed by atoms with van der Waals surface area (Å²) >= 11 is 0. The largest absolute Gasteiger partial charge is 0.381 e. The minimum Gasteiger partial charge on any atom is -0.381 e. The van der Waals surface area contributed by atoms with Crippen LogP contribution in [-0.4, -0.2) is 75.4 Å². The van der Waals surface area contributed by atoms with Gasteiger partial charge in [-0.05, 0) is 38.5 Å². The maximum Gasteiger partial charge on any atom is 0.225 e. The first kappa shape index (κ1) is 23.7. The fraction of sp³-hybridized carbons (Fsp3) is 0.900. The highest BCUT2D eigenvalue weighted by molar-refractivity contribution is 14.0. The Kier molecular flexibility index (Phi) is 10.9. The van der Waals surface area contributed by atoms with Gasteiger partial charge in [0, 0.05) is 58.5 Å². The summed E-state index contributed by atoms with van der Waals surface area (Å²) in [6.45, 7) is 4.90. The highest BCUT2D eigenvalue weighted by Crippen LogP contribution is 2.27. The van der Waals surface area contributed by atoms with Crippen LogP contribution in [0.1, 0.15) is 51.4 Å². The lowest BCUT2D eigenvalue weighted by Crippen LogP contribution is -2.45. The van der Waals surface area contributed by atoms with Crippen LogP contribution >= 0.6 is 24.0 Å². The molecule has 0 radical (unpaired) electrons. The molecule has 2 heterocycles. The number of hydrogen-bond acceptors (Lipinski definition) is 4. The number of rotatable bonds is 7. The molecule has 1 aliphatic carbocycles. The molecule has 0 aromatic rings. The number of carbonyl (C=O) groups excluding carboxylic acids is 1. The molecule has 2 N–H and O–H groups in total. The van der Waals surface area contributed by atoms with Gasteiger partial charge in [0.2, 0.25) is 5.91 Å². The van der Waals surface area contributed by atoms with E-state index in [2.05, 4.69) is 15.6 Å². The number of hydrogen-bond donors (Lipinski definition) is 2. The Morgan fingerprint density at radius 2 is 1.93 bits per heavy atom. The van der Waals surface area contributed by atoms with Crippen molar-refractivity contribution in [1.82, 2.24) is 15.5 Å². The van der Waals surface area contributed by atoms with Gasteiger partial charge in [-0.3, -0.25) is 9.79 Å². The number of guanidine groups is 1. The van der Waals surface area contributed by atoms with Gasteiger partial charge in [0.1, 0.15) is 0 Å². The molecule has 28 heavy (non-hydrogen) atoms. The van der Waals surface area contributed by atoms with E-state index < -0.39 is 0 Å². The lowest BCUT2D eigenvalue weighted by Gasteiger charge is -2.23. The highest BCUT2D eigenvalue weighted by atomic mass is 127. The van der Waals surface area contributed by atoms with E-state index in [4.69, 9.17) is 9.47 Å². The van der Waals surface area contributed by atoms with E-state index in [0.29, 0.717) is 18.1 Å². The highest BCUT2D eigenvalue weighted by Gasteiger charge is 2.32. The fourth-order valence-corrected chi connectivity index (χ4v) is 4.27. The van der Waals surface area contributed by atoms with Crippen LogP contribution in [0.15, 0.2) is 4.99 Å². The maximum absolute atomic E-state index is 12.6. The molecule has 0 bridgehead atoms. The smallest absolute Gasteiger partial charge is 0.225 e. The molecule has 8 heteroatoms. The van der Waals surface area contributed by atoms with Gasteiger partial charge in [-0.2, -0.15) is 0 Å². The Morgan fingerprint density at radius 1 is 1.18 bits per heavy atom. The average Bonchev–Trinajstić information content (AvgIpc) is 3.39. The normalized spacial score (nSPS) is 24.2. The SMILES string of the molecule is CN=C(NCCCOC1CCOCC1)NC1CCN(C(=O)C2CCCC2)C1.I. The Hall–Kier alpha value is -0.610. The summed E-state index contributed by atoms with van der Waals surface area (Å²) in [7, 11) is 1.80. The summed E-state index contributed by atoms with van der Waals surface area (Å²) in [5, 5.41) is 6.83. The Balaban J connectivity index is 0.00000280. The number of halogens is 1. The average molecular weight is 508 g/mol.